The summed E-state index contributed by atoms with van der Waals surface area (Å²) in [4.78, 5) is 27.2. The van der Waals surface area contributed by atoms with Crippen molar-refractivity contribution in [2.75, 3.05) is 5.32 Å². The molecule has 0 saturated heterocycles. The van der Waals surface area contributed by atoms with Gasteiger partial charge in [-0.05, 0) is 24.3 Å². The summed E-state index contributed by atoms with van der Waals surface area (Å²) in [6.45, 7) is 0. The van der Waals surface area contributed by atoms with Gasteiger partial charge in [-0.25, -0.2) is 24.3 Å². The van der Waals surface area contributed by atoms with E-state index in [2.05, 4.69) is 25.3 Å². The largest absolute Gasteiger partial charge is 0.479 e. The molecule has 0 atom stereocenters. The van der Waals surface area contributed by atoms with E-state index in [1.807, 2.05) is 0 Å². The van der Waals surface area contributed by atoms with Crippen LogP contribution in [0.5, 0.6) is 6.01 Å². The first kappa shape index (κ1) is 15.8. The van der Waals surface area contributed by atoms with Crippen molar-refractivity contribution in [3.63, 3.8) is 0 Å². The number of carbonyl (C=O) groups is 1. The molecule has 0 unspecified atom stereocenters. The van der Waals surface area contributed by atoms with Crippen LogP contribution in [0.1, 0.15) is 10.5 Å². The van der Waals surface area contributed by atoms with Crippen LogP contribution in [0.3, 0.4) is 0 Å². The fourth-order valence-electron chi connectivity index (χ4n) is 1.92. The van der Waals surface area contributed by atoms with Crippen molar-refractivity contribution >= 4 is 23.2 Å². The molecule has 120 valence electrons. The molecular formula is C15H9ClFN5O2. The zero-order chi connectivity index (χ0) is 17.1. The third-order valence-electron chi connectivity index (χ3n) is 2.95. The van der Waals surface area contributed by atoms with E-state index in [0.29, 0.717) is 11.3 Å². The van der Waals surface area contributed by atoms with Gasteiger partial charge in [-0.3, -0.25) is 4.79 Å². The zero-order valence-corrected chi connectivity index (χ0v) is 12.7. The lowest BCUT2D eigenvalue weighted by atomic mass is 10.1. The molecule has 0 aliphatic heterocycles. The van der Waals surface area contributed by atoms with E-state index in [9.17, 15) is 9.18 Å². The predicted molar refractivity (Wildman–Crippen MR) is 84.1 cm³/mol. The molecule has 0 spiro atoms. The maximum Gasteiger partial charge on any atom is 0.313 e. The molecule has 2 heterocycles. The molecule has 2 aromatic heterocycles. The standard InChI is InChI=1S/C15H9ClFN5O2/c16-9-1-8(2-10(17)3-9)12-4-13(21-7-20-12)14(23)22-11-5-18-15(24)19-6-11/h1-7H,(H,22,23)(H,18,19,24). The molecule has 9 heteroatoms. The Morgan fingerprint density at radius 3 is 2.54 bits per heavy atom. The second kappa shape index (κ2) is 6.55. The lowest BCUT2D eigenvalue weighted by Crippen LogP contribution is -2.14. The van der Waals surface area contributed by atoms with Crippen LogP contribution in [0, 0.1) is 5.82 Å². The van der Waals surface area contributed by atoms with Crippen LogP contribution in [0.15, 0.2) is 43.0 Å². The number of amides is 1. The lowest BCUT2D eigenvalue weighted by Gasteiger charge is -2.06. The summed E-state index contributed by atoms with van der Waals surface area (Å²) in [5.41, 5.74) is 1.11. The summed E-state index contributed by atoms with van der Waals surface area (Å²) in [6, 6.07) is 4.96. The van der Waals surface area contributed by atoms with Crippen LogP contribution in [-0.2, 0) is 0 Å². The minimum absolute atomic E-state index is 0.0634. The molecule has 3 rings (SSSR count). The van der Waals surface area contributed by atoms with Gasteiger partial charge in [-0.2, -0.15) is 0 Å². The summed E-state index contributed by atoms with van der Waals surface area (Å²) in [6.07, 6.45) is 3.68. The quantitative estimate of drug-likeness (QED) is 0.756. The first-order chi connectivity index (χ1) is 11.5. The van der Waals surface area contributed by atoms with Gasteiger partial charge in [0.2, 0.25) is 0 Å². The maximum atomic E-state index is 13.5. The number of nitrogens with zero attached hydrogens (tertiary/aromatic N) is 4. The van der Waals surface area contributed by atoms with Crippen molar-refractivity contribution in [3.05, 3.63) is 59.5 Å². The highest BCUT2D eigenvalue weighted by Crippen LogP contribution is 2.23. The Balaban J connectivity index is 1.86. The second-order valence-corrected chi connectivity index (χ2v) is 5.11. The maximum absolute atomic E-state index is 13.5. The van der Waals surface area contributed by atoms with Gasteiger partial charge in [0.05, 0.1) is 23.8 Å². The minimum Gasteiger partial charge on any atom is -0.479 e. The smallest absolute Gasteiger partial charge is 0.313 e. The zero-order valence-electron chi connectivity index (χ0n) is 11.9. The number of benzene rings is 1. The van der Waals surface area contributed by atoms with Crippen molar-refractivity contribution in [1.29, 1.82) is 0 Å². The molecular weight excluding hydrogens is 337 g/mol. The summed E-state index contributed by atoms with van der Waals surface area (Å²) < 4.78 is 13.5. The van der Waals surface area contributed by atoms with E-state index >= 15 is 0 Å². The average Bonchev–Trinajstić information content (AvgIpc) is 2.56. The molecule has 1 amide bonds. The number of rotatable bonds is 3. The van der Waals surface area contributed by atoms with Gasteiger partial charge in [0, 0.05) is 10.6 Å². The monoisotopic (exact) mass is 345 g/mol. The minimum atomic E-state index is -0.532. The van der Waals surface area contributed by atoms with Crippen LogP contribution in [0.25, 0.3) is 11.3 Å². The Bertz CT molecular complexity index is 884. The number of hydrogen-bond acceptors (Lipinski definition) is 6. The van der Waals surface area contributed by atoms with Gasteiger partial charge in [0.1, 0.15) is 17.8 Å². The highest BCUT2D eigenvalue weighted by molar-refractivity contribution is 6.30. The first-order valence-corrected chi connectivity index (χ1v) is 7.00. The van der Waals surface area contributed by atoms with Crippen molar-refractivity contribution in [1.82, 2.24) is 19.9 Å². The van der Waals surface area contributed by atoms with Gasteiger partial charge >= 0.3 is 6.01 Å². The average molecular weight is 346 g/mol. The Morgan fingerprint density at radius 2 is 1.83 bits per heavy atom. The van der Waals surface area contributed by atoms with Crippen molar-refractivity contribution in [3.8, 4) is 17.3 Å². The van der Waals surface area contributed by atoms with Gasteiger partial charge in [-0.1, -0.05) is 11.6 Å². The molecule has 0 aliphatic carbocycles. The van der Waals surface area contributed by atoms with Crippen molar-refractivity contribution < 1.29 is 14.3 Å². The third-order valence-corrected chi connectivity index (χ3v) is 3.17. The molecule has 24 heavy (non-hydrogen) atoms. The molecule has 0 fully saturated rings. The first-order valence-electron chi connectivity index (χ1n) is 6.62. The van der Waals surface area contributed by atoms with Crippen LogP contribution < -0.4 is 5.32 Å². The number of halogens is 2. The summed E-state index contributed by atoms with van der Waals surface area (Å²) in [7, 11) is 0. The number of aromatic nitrogens is 4. The molecule has 0 saturated carbocycles. The molecule has 2 N–H and O–H groups in total. The van der Waals surface area contributed by atoms with Gasteiger partial charge < -0.3 is 10.4 Å². The fourth-order valence-corrected chi connectivity index (χ4v) is 2.14. The number of hydrogen-bond donors (Lipinski definition) is 2. The molecule has 0 bridgehead atoms. The lowest BCUT2D eigenvalue weighted by molar-refractivity contribution is 0.102. The van der Waals surface area contributed by atoms with Crippen molar-refractivity contribution in [2.24, 2.45) is 0 Å². The number of nitrogens with one attached hydrogen (secondary N) is 1. The third kappa shape index (κ3) is 3.61. The van der Waals surface area contributed by atoms with E-state index in [1.54, 1.807) is 0 Å². The van der Waals surface area contributed by atoms with E-state index in [1.165, 1.54) is 43.0 Å². The Hall–Kier alpha value is -3.13. The van der Waals surface area contributed by atoms with E-state index in [0.717, 1.165) is 0 Å². The highest BCUT2D eigenvalue weighted by Gasteiger charge is 2.12. The van der Waals surface area contributed by atoms with E-state index in [4.69, 9.17) is 16.7 Å². The summed E-state index contributed by atoms with van der Waals surface area (Å²) >= 11 is 5.83. The second-order valence-electron chi connectivity index (χ2n) is 4.67. The van der Waals surface area contributed by atoms with E-state index < -0.39 is 17.7 Å². The van der Waals surface area contributed by atoms with Gasteiger partial charge in [0.25, 0.3) is 5.91 Å². The Morgan fingerprint density at radius 1 is 1.08 bits per heavy atom. The van der Waals surface area contributed by atoms with Gasteiger partial charge in [-0.15, -0.1) is 0 Å². The highest BCUT2D eigenvalue weighted by atomic mass is 35.5. The number of aromatic hydroxyl groups is 1. The predicted octanol–water partition coefficient (Wildman–Crippen LogP) is 2.68. The Kier molecular flexibility index (Phi) is 4.30. The molecule has 0 aliphatic rings. The molecule has 3 aromatic rings. The van der Waals surface area contributed by atoms with Crippen LogP contribution >= 0.6 is 11.6 Å². The summed E-state index contributed by atoms with van der Waals surface area (Å²) in [5, 5.41) is 11.8. The topological polar surface area (TPSA) is 101 Å². The number of anilines is 1. The Labute approximate surface area is 140 Å². The van der Waals surface area contributed by atoms with Crippen LogP contribution in [-0.4, -0.2) is 30.9 Å². The van der Waals surface area contributed by atoms with Crippen molar-refractivity contribution in [2.45, 2.75) is 0 Å². The molecule has 1 aromatic carbocycles. The number of carbonyl (C=O) groups excluding carboxylic acids is 1. The molecule has 7 nitrogen and oxygen atoms in total. The fraction of sp³-hybridized carbons (Fsp3) is 0. The van der Waals surface area contributed by atoms with Crippen LogP contribution in [0.2, 0.25) is 5.02 Å². The van der Waals surface area contributed by atoms with Crippen LogP contribution in [0.4, 0.5) is 10.1 Å². The van der Waals surface area contributed by atoms with E-state index in [-0.39, 0.29) is 16.4 Å². The SMILES string of the molecule is O=C(Nc1cnc(O)nc1)c1cc(-c2cc(F)cc(Cl)c2)ncn1. The van der Waals surface area contributed by atoms with Gasteiger partial charge in [0.15, 0.2) is 0 Å². The normalized spacial score (nSPS) is 10.4. The molecule has 0 radical (unpaired) electrons. The summed E-state index contributed by atoms with van der Waals surface area (Å²) in [5.74, 6) is -1.04.